The van der Waals surface area contributed by atoms with Crippen LogP contribution in [-0.4, -0.2) is 28.0 Å². The Morgan fingerprint density at radius 3 is 2.64 bits per heavy atom. The van der Waals surface area contributed by atoms with Crippen molar-refractivity contribution in [2.24, 2.45) is 0 Å². The first-order valence-electron chi connectivity index (χ1n) is 2.27. The van der Waals surface area contributed by atoms with Gasteiger partial charge in [0.2, 0.25) is 0 Å². The van der Waals surface area contributed by atoms with Crippen LogP contribution in [0.3, 0.4) is 0 Å². The van der Waals surface area contributed by atoms with E-state index in [-0.39, 0.29) is 41.2 Å². The summed E-state index contributed by atoms with van der Waals surface area (Å²) in [5.74, 6) is 0. The predicted molar refractivity (Wildman–Crippen MR) is 38.6 cm³/mol. The molecule has 0 saturated carbocycles. The van der Waals surface area contributed by atoms with Gasteiger partial charge in [0.25, 0.3) is 0 Å². The van der Waals surface area contributed by atoms with Crippen LogP contribution in [0.1, 0.15) is 5.69 Å². The Kier molecular flexibility index (Phi) is 8.24. The zero-order valence-electron chi connectivity index (χ0n) is 5.51. The number of aromatic nitrogens is 1. The van der Waals surface area contributed by atoms with Gasteiger partial charge in [0.1, 0.15) is 0 Å². The molecule has 0 aliphatic heterocycles. The van der Waals surface area contributed by atoms with E-state index in [1.807, 2.05) is 6.07 Å². The first-order chi connectivity index (χ1) is 4.34. The van der Waals surface area contributed by atoms with Crippen LogP contribution in [0, 0.1) is 17.5 Å². The molecule has 52 valence electrons. The van der Waals surface area contributed by atoms with Crippen molar-refractivity contribution in [3.63, 3.8) is 0 Å². The summed E-state index contributed by atoms with van der Waals surface area (Å²) >= 11 is 5.52. The first kappa shape index (κ1) is 13.6. The number of rotatable bonds is 0. The van der Waals surface area contributed by atoms with E-state index in [0.717, 1.165) is 0 Å². The quantitative estimate of drug-likeness (QED) is 0.357. The molecule has 0 N–H and O–H groups in total. The molecule has 0 aromatic carbocycles. The number of hydrogen-bond acceptors (Lipinski definition) is 2. The molecule has 0 amide bonds. The second-order valence-electron chi connectivity index (χ2n) is 1.38. The third-order valence-electron chi connectivity index (χ3n) is 0.813. The molecule has 0 aliphatic rings. The Morgan fingerprint density at radius 2 is 2.27 bits per heavy atom. The van der Waals surface area contributed by atoms with Gasteiger partial charge in [-0.2, -0.15) is 6.07 Å². The van der Waals surface area contributed by atoms with E-state index in [0.29, 0.717) is 5.02 Å². The van der Waals surface area contributed by atoms with E-state index >= 15 is 0 Å². The monoisotopic (exact) mass is 196 g/mol. The summed E-state index contributed by atoms with van der Waals surface area (Å²) in [4.78, 5) is 3.58. The number of nitriles is 1. The number of pyridine rings is 1. The van der Waals surface area contributed by atoms with Crippen LogP contribution in [0.5, 0.6) is 0 Å². The van der Waals surface area contributed by atoms with Crippen molar-refractivity contribution in [1.29, 1.82) is 5.26 Å². The zero-order chi connectivity index (χ0) is 6.69. The maximum atomic E-state index is 8.30. The molecule has 0 bridgehead atoms. The van der Waals surface area contributed by atoms with E-state index < -0.39 is 0 Å². The van der Waals surface area contributed by atoms with Gasteiger partial charge >= 0.3 is 23.1 Å². The fraction of sp³-hybridized carbons (Fsp3) is 0. The standard InChI is InChI=1S/C6H2ClN2.ClH.Mg/c7-5-2-1-3-9-6(5)4-8;;/h1-2H;1H;/q-1;;+2/p-1. The van der Waals surface area contributed by atoms with Crippen LogP contribution < -0.4 is 12.4 Å². The summed E-state index contributed by atoms with van der Waals surface area (Å²) < 4.78 is 0. The van der Waals surface area contributed by atoms with E-state index in [1.165, 1.54) is 0 Å². The minimum atomic E-state index is 0. The summed E-state index contributed by atoms with van der Waals surface area (Å²) in [6.45, 7) is 0. The van der Waals surface area contributed by atoms with Crippen molar-refractivity contribution in [3.05, 3.63) is 29.0 Å². The number of nitrogens with zero attached hydrogens (tertiary/aromatic N) is 2. The Bertz CT molecular complexity index is 259. The molecular formula is C6H2Cl2MgN2. The summed E-state index contributed by atoms with van der Waals surface area (Å²) in [6.07, 6.45) is 2.50. The second kappa shape index (κ2) is 6.68. The summed E-state index contributed by atoms with van der Waals surface area (Å²) in [6, 6.07) is 4.96. The van der Waals surface area contributed by atoms with Gasteiger partial charge in [-0.3, -0.25) is 0 Å². The minimum Gasteiger partial charge on any atom is -1.00 e. The van der Waals surface area contributed by atoms with Gasteiger partial charge < -0.3 is 17.4 Å². The second-order valence-corrected chi connectivity index (χ2v) is 1.79. The van der Waals surface area contributed by atoms with Gasteiger partial charge in [0, 0.05) is 5.69 Å². The smallest absolute Gasteiger partial charge is 1.00 e. The molecule has 0 saturated heterocycles. The SMILES string of the molecule is N#Cc1n[c-]ccc1Cl.[Cl-].[Mg+2]. The molecule has 5 heteroatoms. The molecule has 0 atom stereocenters. The van der Waals surface area contributed by atoms with Gasteiger partial charge in [-0.25, -0.2) is 5.26 Å². The normalized spacial score (nSPS) is 6.91. The first-order valence-corrected chi connectivity index (χ1v) is 2.65. The summed E-state index contributed by atoms with van der Waals surface area (Å²) in [5, 5.41) is 8.67. The third-order valence-corrected chi connectivity index (χ3v) is 1.12. The topological polar surface area (TPSA) is 36.7 Å². The van der Waals surface area contributed by atoms with E-state index in [2.05, 4.69) is 11.2 Å². The summed E-state index contributed by atoms with van der Waals surface area (Å²) in [5.41, 5.74) is 0.221. The predicted octanol–water partition coefficient (Wildman–Crippen LogP) is -1.97. The molecule has 0 radical (unpaired) electrons. The fourth-order valence-electron chi connectivity index (χ4n) is 0.423. The van der Waals surface area contributed by atoms with Crippen LogP contribution in [0.2, 0.25) is 5.02 Å². The van der Waals surface area contributed by atoms with E-state index in [9.17, 15) is 0 Å². The van der Waals surface area contributed by atoms with Crippen LogP contribution in [0.4, 0.5) is 0 Å². The molecule has 0 unspecified atom stereocenters. The molecule has 11 heavy (non-hydrogen) atoms. The molecule has 0 aliphatic carbocycles. The average Bonchev–Trinajstić information content (AvgIpc) is 1.89. The molecule has 0 spiro atoms. The van der Waals surface area contributed by atoms with Crippen molar-refractivity contribution in [1.82, 2.24) is 4.98 Å². The van der Waals surface area contributed by atoms with Crippen molar-refractivity contribution in [2.75, 3.05) is 0 Å². The van der Waals surface area contributed by atoms with Crippen molar-refractivity contribution < 1.29 is 12.4 Å². The van der Waals surface area contributed by atoms with Gasteiger partial charge in [-0.1, -0.05) is 6.20 Å². The van der Waals surface area contributed by atoms with E-state index in [4.69, 9.17) is 16.9 Å². The molecule has 1 rings (SSSR count). The molecule has 1 heterocycles. The van der Waals surface area contributed by atoms with Gasteiger partial charge in [-0.05, 0) is 5.02 Å². The Balaban J connectivity index is 0. The average molecular weight is 197 g/mol. The third kappa shape index (κ3) is 3.78. The molecule has 0 fully saturated rings. The molecule has 1 aromatic rings. The molecule has 2 nitrogen and oxygen atoms in total. The van der Waals surface area contributed by atoms with Crippen molar-refractivity contribution in [3.8, 4) is 6.07 Å². The fourth-order valence-corrected chi connectivity index (χ4v) is 0.571. The van der Waals surface area contributed by atoms with Crippen LogP contribution >= 0.6 is 11.6 Å². The van der Waals surface area contributed by atoms with Gasteiger partial charge in [-0.15, -0.1) is 17.7 Å². The largest absolute Gasteiger partial charge is 2.00 e. The maximum absolute atomic E-state index is 8.30. The zero-order valence-corrected chi connectivity index (χ0v) is 8.44. The number of halogens is 2. The van der Waals surface area contributed by atoms with E-state index in [1.54, 1.807) is 12.1 Å². The molecule has 1 aromatic heterocycles. The Labute approximate surface area is 92.1 Å². The van der Waals surface area contributed by atoms with Gasteiger partial charge in [0.15, 0.2) is 0 Å². The molecular weight excluding hydrogens is 195 g/mol. The van der Waals surface area contributed by atoms with Crippen LogP contribution in [0.15, 0.2) is 12.1 Å². The Hall–Kier alpha value is -0.0138. The van der Waals surface area contributed by atoms with Crippen LogP contribution in [-0.2, 0) is 0 Å². The summed E-state index contributed by atoms with van der Waals surface area (Å²) in [7, 11) is 0. The van der Waals surface area contributed by atoms with Crippen molar-refractivity contribution >= 4 is 34.7 Å². The van der Waals surface area contributed by atoms with Crippen LogP contribution in [0.25, 0.3) is 0 Å². The minimum absolute atomic E-state index is 0. The van der Waals surface area contributed by atoms with Gasteiger partial charge in [0.05, 0.1) is 6.07 Å². The van der Waals surface area contributed by atoms with Crippen molar-refractivity contribution in [2.45, 2.75) is 0 Å². The Morgan fingerprint density at radius 1 is 1.64 bits per heavy atom. The number of hydrogen-bond donors (Lipinski definition) is 0. The maximum Gasteiger partial charge on any atom is 2.00 e.